The van der Waals surface area contributed by atoms with Gasteiger partial charge in [0.05, 0.1) is 18.3 Å². The summed E-state index contributed by atoms with van der Waals surface area (Å²) in [7, 11) is 1.75. The smallest absolute Gasteiger partial charge is 0.142 e. The molecule has 1 fully saturated rings. The van der Waals surface area contributed by atoms with Crippen molar-refractivity contribution in [2.24, 2.45) is 0 Å². The van der Waals surface area contributed by atoms with E-state index in [0.717, 1.165) is 62.8 Å². The second kappa shape index (κ2) is 9.61. The van der Waals surface area contributed by atoms with Gasteiger partial charge in [-0.2, -0.15) is 0 Å². The van der Waals surface area contributed by atoms with Crippen molar-refractivity contribution in [3.63, 3.8) is 0 Å². The lowest BCUT2D eigenvalue weighted by Crippen LogP contribution is -2.46. The summed E-state index contributed by atoms with van der Waals surface area (Å²) < 4.78 is 5.51. The van der Waals surface area contributed by atoms with Crippen LogP contribution in [0.15, 0.2) is 60.7 Å². The second-order valence-corrected chi connectivity index (χ2v) is 7.52. The zero-order valence-corrected chi connectivity index (χ0v) is 17.2. The highest BCUT2D eigenvalue weighted by molar-refractivity contribution is 5.80. The van der Waals surface area contributed by atoms with Crippen molar-refractivity contribution in [1.29, 1.82) is 0 Å². The molecule has 0 aliphatic carbocycles. The number of aromatic nitrogens is 1. The van der Waals surface area contributed by atoms with Gasteiger partial charge in [-0.25, -0.2) is 4.98 Å². The number of rotatable bonds is 8. The Balaban J connectivity index is 1.16. The average molecular weight is 391 g/mol. The van der Waals surface area contributed by atoms with E-state index in [1.54, 1.807) is 7.11 Å². The maximum absolute atomic E-state index is 5.51. The van der Waals surface area contributed by atoms with Gasteiger partial charge in [0.15, 0.2) is 0 Å². The number of para-hydroxylation sites is 3. The highest BCUT2D eigenvalue weighted by Crippen LogP contribution is 2.28. The molecule has 0 bridgehead atoms. The first-order chi connectivity index (χ1) is 14.3. The molecule has 3 aromatic rings. The largest absolute Gasteiger partial charge is 0.495 e. The van der Waals surface area contributed by atoms with Crippen LogP contribution in [0.3, 0.4) is 0 Å². The number of nitrogens with one attached hydrogen (secondary N) is 1. The lowest BCUT2D eigenvalue weighted by molar-refractivity contribution is 0.253. The number of fused-ring (bicyclic) bond motifs is 1. The third-order valence-electron chi connectivity index (χ3n) is 5.60. The number of piperazine rings is 1. The molecule has 1 N–H and O–H groups in total. The van der Waals surface area contributed by atoms with Gasteiger partial charge in [0.25, 0.3) is 0 Å². The number of anilines is 2. The normalized spacial score (nSPS) is 14.9. The molecule has 29 heavy (non-hydrogen) atoms. The monoisotopic (exact) mass is 390 g/mol. The quantitative estimate of drug-likeness (QED) is 0.582. The Morgan fingerprint density at radius 1 is 0.897 bits per heavy atom. The van der Waals surface area contributed by atoms with Gasteiger partial charge in [0.1, 0.15) is 11.6 Å². The molecule has 152 valence electrons. The van der Waals surface area contributed by atoms with Crippen LogP contribution in [0.5, 0.6) is 5.75 Å². The molecule has 1 saturated heterocycles. The van der Waals surface area contributed by atoms with Crippen molar-refractivity contribution in [3.05, 3.63) is 60.7 Å². The lowest BCUT2D eigenvalue weighted by atomic mass is 10.2. The number of hydrogen-bond donors (Lipinski definition) is 1. The van der Waals surface area contributed by atoms with Crippen molar-refractivity contribution in [3.8, 4) is 5.75 Å². The SMILES string of the molecule is COc1ccccc1N1CCN(CCCCNc2ccc3ccccc3n2)CC1. The van der Waals surface area contributed by atoms with Gasteiger partial charge in [0.2, 0.25) is 0 Å². The third-order valence-corrected chi connectivity index (χ3v) is 5.60. The van der Waals surface area contributed by atoms with E-state index in [2.05, 4.69) is 56.5 Å². The summed E-state index contributed by atoms with van der Waals surface area (Å²) in [6, 6.07) is 20.7. The summed E-state index contributed by atoms with van der Waals surface area (Å²) in [5.74, 6) is 1.93. The summed E-state index contributed by atoms with van der Waals surface area (Å²) in [5, 5.41) is 4.65. The van der Waals surface area contributed by atoms with Gasteiger partial charge in [-0.1, -0.05) is 30.3 Å². The van der Waals surface area contributed by atoms with Gasteiger partial charge >= 0.3 is 0 Å². The van der Waals surface area contributed by atoms with Crippen LogP contribution < -0.4 is 15.0 Å². The fraction of sp³-hybridized carbons (Fsp3) is 0.375. The number of benzene rings is 2. The molecule has 2 heterocycles. The molecule has 1 aliphatic heterocycles. The number of unbranched alkanes of at least 4 members (excludes halogenated alkanes) is 1. The molecular weight excluding hydrogens is 360 g/mol. The predicted octanol–water partition coefficient (Wildman–Crippen LogP) is 4.26. The molecular formula is C24H30N4O. The van der Waals surface area contributed by atoms with Gasteiger partial charge in [0, 0.05) is 38.1 Å². The molecule has 4 rings (SSSR count). The maximum Gasteiger partial charge on any atom is 0.142 e. The van der Waals surface area contributed by atoms with E-state index in [0.29, 0.717) is 0 Å². The van der Waals surface area contributed by atoms with Crippen molar-refractivity contribution >= 4 is 22.4 Å². The van der Waals surface area contributed by atoms with Crippen molar-refractivity contribution in [2.75, 3.05) is 56.6 Å². The molecule has 5 heteroatoms. The summed E-state index contributed by atoms with van der Waals surface area (Å²) in [5.41, 5.74) is 2.26. The van der Waals surface area contributed by atoms with Gasteiger partial charge < -0.3 is 15.0 Å². The third kappa shape index (κ3) is 4.98. The Morgan fingerprint density at radius 3 is 2.55 bits per heavy atom. The molecule has 1 aliphatic rings. The van der Waals surface area contributed by atoms with Crippen LogP contribution in [0.25, 0.3) is 10.9 Å². The molecule has 0 amide bonds. The minimum atomic E-state index is 0.965. The first-order valence-corrected chi connectivity index (χ1v) is 10.5. The van der Waals surface area contributed by atoms with E-state index in [1.807, 2.05) is 24.3 Å². The number of nitrogens with zero attached hydrogens (tertiary/aromatic N) is 3. The summed E-state index contributed by atoms with van der Waals surface area (Å²) in [4.78, 5) is 9.68. The fourth-order valence-corrected chi connectivity index (χ4v) is 3.94. The molecule has 1 aromatic heterocycles. The van der Waals surface area contributed by atoms with Crippen LogP contribution in [-0.4, -0.2) is 56.3 Å². The molecule has 5 nitrogen and oxygen atoms in total. The van der Waals surface area contributed by atoms with Crippen molar-refractivity contribution < 1.29 is 4.74 Å². The Kier molecular flexibility index (Phi) is 6.47. The summed E-state index contributed by atoms with van der Waals surface area (Å²) in [6.07, 6.45) is 2.36. The lowest BCUT2D eigenvalue weighted by Gasteiger charge is -2.36. The van der Waals surface area contributed by atoms with Crippen LogP contribution in [0, 0.1) is 0 Å². The predicted molar refractivity (Wildman–Crippen MR) is 121 cm³/mol. The van der Waals surface area contributed by atoms with Crippen molar-refractivity contribution in [2.45, 2.75) is 12.8 Å². The van der Waals surface area contributed by atoms with E-state index in [1.165, 1.54) is 17.5 Å². The summed E-state index contributed by atoms with van der Waals surface area (Å²) >= 11 is 0. The van der Waals surface area contributed by atoms with Crippen LogP contribution in [0.2, 0.25) is 0 Å². The van der Waals surface area contributed by atoms with Gasteiger partial charge in [-0.15, -0.1) is 0 Å². The molecule has 0 unspecified atom stereocenters. The molecule has 0 saturated carbocycles. The standard InChI is InChI=1S/C24H30N4O/c1-29-23-11-5-4-10-22(23)28-18-16-27(17-19-28)15-7-6-14-25-24-13-12-20-8-2-3-9-21(20)26-24/h2-5,8-13H,6-7,14-19H2,1H3,(H,25,26). The maximum atomic E-state index is 5.51. The zero-order valence-electron chi connectivity index (χ0n) is 17.2. The van der Waals surface area contributed by atoms with E-state index in [9.17, 15) is 0 Å². The highest BCUT2D eigenvalue weighted by atomic mass is 16.5. The molecule has 0 radical (unpaired) electrons. The zero-order chi connectivity index (χ0) is 19.9. The molecule has 2 aromatic carbocycles. The first kappa shape index (κ1) is 19.5. The number of pyridine rings is 1. The minimum Gasteiger partial charge on any atom is -0.495 e. The second-order valence-electron chi connectivity index (χ2n) is 7.52. The van der Waals surface area contributed by atoms with Gasteiger partial charge in [-0.05, 0) is 49.7 Å². The van der Waals surface area contributed by atoms with E-state index < -0.39 is 0 Å². The van der Waals surface area contributed by atoms with Crippen LogP contribution in [0.1, 0.15) is 12.8 Å². The molecule has 0 atom stereocenters. The highest BCUT2D eigenvalue weighted by Gasteiger charge is 2.18. The number of ether oxygens (including phenoxy) is 1. The van der Waals surface area contributed by atoms with E-state index in [4.69, 9.17) is 4.74 Å². The first-order valence-electron chi connectivity index (χ1n) is 10.5. The van der Waals surface area contributed by atoms with Gasteiger partial charge in [-0.3, -0.25) is 4.90 Å². The fourth-order valence-electron chi connectivity index (χ4n) is 3.94. The summed E-state index contributed by atoms with van der Waals surface area (Å²) in [6.45, 7) is 6.45. The van der Waals surface area contributed by atoms with E-state index >= 15 is 0 Å². The topological polar surface area (TPSA) is 40.6 Å². The Labute approximate surface area is 173 Å². The average Bonchev–Trinajstić information content (AvgIpc) is 2.79. The van der Waals surface area contributed by atoms with Crippen LogP contribution in [0.4, 0.5) is 11.5 Å². The van der Waals surface area contributed by atoms with Crippen LogP contribution >= 0.6 is 0 Å². The van der Waals surface area contributed by atoms with E-state index in [-0.39, 0.29) is 0 Å². The minimum absolute atomic E-state index is 0.965. The Bertz CT molecular complexity index is 921. The Hall–Kier alpha value is -2.79. The number of methoxy groups -OCH3 is 1. The van der Waals surface area contributed by atoms with Crippen LogP contribution in [-0.2, 0) is 0 Å². The Morgan fingerprint density at radius 2 is 1.69 bits per heavy atom. The number of hydrogen-bond acceptors (Lipinski definition) is 5. The molecule has 0 spiro atoms. The van der Waals surface area contributed by atoms with Crippen molar-refractivity contribution in [1.82, 2.24) is 9.88 Å².